The molecule has 1 aromatic rings. The maximum Gasteiger partial charge on any atom is 0.341 e. The molecule has 0 N–H and O–H groups in total. The van der Waals surface area contributed by atoms with Crippen LogP contribution >= 0.6 is 11.6 Å². The van der Waals surface area contributed by atoms with Crippen LogP contribution in [0, 0.1) is 0 Å². The van der Waals surface area contributed by atoms with Crippen LogP contribution in [0.5, 0.6) is 5.75 Å². The Morgan fingerprint density at radius 2 is 1.94 bits per heavy atom. The van der Waals surface area contributed by atoms with E-state index in [4.69, 9.17) is 21.1 Å². The third kappa shape index (κ3) is 3.16. The van der Waals surface area contributed by atoms with Gasteiger partial charge in [0.25, 0.3) is 0 Å². The monoisotopic (exact) mass is 270 g/mol. The highest BCUT2D eigenvalue weighted by Crippen LogP contribution is 2.35. The van der Waals surface area contributed by atoms with E-state index in [0.717, 1.165) is 5.56 Å². The summed E-state index contributed by atoms with van der Waals surface area (Å²) in [5, 5.41) is 0.548. The van der Waals surface area contributed by atoms with Gasteiger partial charge in [-0.3, -0.25) is 0 Å². The van der Waals surface area contributed by atoms with Crippen molar-refractivity contribution in [3.8, 4) is 5.75 Å². The van der Waals surface area contributed by atoms with Crippen molar-refractivity contribution in [3.63, 3.8) is 0 Å². The third-order valence-corrected chi connectivity index (χ3v) is 2.90. The SMILES string of the molecule is CCOc1cc(C(C)(C)C)c(Cl)cc1C(=O)OC. The zero-order valence-electron chi connectivity index (χ0n) is 11.5. The molecule has 0 bridgehead atoms. The van der Waals surface area contributed by atoms with Gasteiger partial charge in [-0.15, -0.1) is 0 Å². The molecule has 0 amide bonds. The van der Waals surface area contributed by atoms with Crippen molar-refractivity contribution in [2.24, 2.45) is 0 Å². The van der Waals surface area contributed by atoms with Crippen molar-refractivity contribution in [1.29, 1.82) is 0 Å². The number of hydrogen-bond donors (Lipinski definition) is 0. The van der Waals surface area contributed by atoms with E-state index in [-0.39, 0.29) is 5.41 Å². The van der Waals surface area contributed by atoms with Gasteiger partial charge in [0.15, 0.2) is 0 Å². The smallest absolute Gasteiger partial charge is 0.341 e. The molecule has 0 fully saturated rings. The molecular weight excluding hydrogens is 252 g/mol. The van der Waals surface area contributed by atoms with Gasteiger partial charge >= 0.3 is 5.97 Å². The first-order chi connectivity index (χ1) is 8.31. The van der Waals surface area contributed by atoms with Crippen LogP contribution in [0.1, 0.15) is 43.6 Å². The van der Waals surface area contributed by atoms with Crippen LogP contribution < -0.4 is 4.74 Å². The molecule has 0 radical (unpaired) electrons. The summed E-state index contributed by atoms with van der Waals surface area (Å²) in [6, 6.07) is 3.43. The summed E-state index contributed by atoms with van der Waals surface area (Å²) in [4.78, 5) is 11.7. The lowest BCUT2D eigenvalue weighted by Crippen LogP contribution is -2.14. The second-order valence-electron chi connectivity index (χ2n) is 5.00. The summed E-state index contributed by atoms with van der Waals surface area (Å²) in [7, 11) is 1.34. The number of ether oxygens (including phenoxy) is 2. The third-order valence-electron chi connectivity index (χ3n) is 2.58. The summed E-state index contributed by atoms with van der Waals surface area (Å²) in [6.45, 7) is 8.52. The highest BCUT2D eigenvalue weighted by molar-refractivity contribution is 6.32. The Balaban J connectivity index is 3.39. The van der Waals surface area contributed by atoms with Crippen molar-refractivity contribution in [2.45, 2.75) is 33.1 Å². The van der Waals surface area contributed by atoms with E-state index < -0.39 is 5.97 Å². The van der Waals surface area contributed by atoms with Crippen LogP contribution in [-0.4, -0.2) is 19.7 Å². The predicted octanol–water partition coefficient (Wildman–Crippen LogP) is 3.82. The number of methoxy groups -OCH3 is 1. The van der Waals surface area contributed by atoms with Gasteiger partial charge in [-0.05, 0) is 30.0 Å². The Kier molecular flexibility index (Phi) is 4.63. The Morgan fingerprint density at radius 3 is 2.39 bits per heavy atom. The van der Waals surface area contributed by atoms with Gasteiger partial charge in [0, 0.05) is 5.02 Å². The molecule has 3 nitrogen and oxygen atoms in total. The molecule has 100 valence electrons. The highest BCUT2D eigenvalue weighted by Gasteiger charge is 2.23. The molecule has 0 aliphatic rings. The van der Waals surface area contributed by atoms with Crippen LogP contribution in [-0.2, 0) is 10.2 Å². The van der Waals surface area contributed by atoms with Crippen molar-refractivity contribution in [2.75, 3.05) is 13.7 Å². The fourth-order valence-electron chi connectivity index (χ4n) is 1.67. The zero-order valence-corrected chi connectivity index (χ0v) is 12.2. The van der Waals surface area contributed by atoms with Gasteiger partial charge in [0.05, 0.1) is 13.7 Å². The minimum atomic E-state index is -0.444. The van der Waals surface area contributed by atoms with E-state index in [1.807, 2.05) is 13.0 Å². The Hall–Kier alpha value is -1.22. The lowest BCUT2D eigenvalue weighted by molar-refractivity contribution is 0.0596. The van der Waals surface area contributed by atoms with Crippen LogP contribution in [0.15, 0.2) is 12.1 Å². The van der Waals surface area contributed by atoms with Gasteiger partial charge in [0.2, 0.25) is 0 Å². The van der Waals surface area contributed by atoms with Crippen molar-refractivity contribution < 1.29 is 14.3 Å². The van der Waals surface area contributed by atoms with E-state index in [1.165, 1.54) is 7.11 Å². The largest absolute Gasteiger partial charge is 0.493 e. The molecule has 0 saturated heterocycles. The molecule has 0 saturated carbocycles. The van der Waals surface area contributed by atoms with Gasteiger partial charge in [-0.25, -0.2) is 4.79 Å². The van der Waals surface area contributed by atoms with Crippen LogP contribution in [0.25, 0.3) is 0 Å². The second-order valence-corrected chi connectivity index (χ2v) is 5.41. The number of esters is 1. The number of benzene rings is 1. The van der Waals surface area contributed by atoms with Crippen molar-refractivity contribution in [3.05, 3.63) is 28.3 Å². The van der Waals surface area contributed by atoms with E-state index in [2.05, 4.69) is 20.8 Å². The molecule has 0 unspecified atom stereocenters. The number of halogens is 1. The highest BCUT2D eigenvalue weighted by atomic mass is 35.5. The molecule has 1 rings (SSSR count). The van der Waals surface area contributed by atoms with Gasteiger partial charge in [0.1, 0.15) is 11.3 Å². The molecule has 0 aliphatic carbocycles. The minimum absolute atomic E-state index is 0.114. The van der Waals surface area contributed by atoms with Crippen molar-refractivity contribution in [1.82, 2.24) is 0 Å². The van der Waals surface area contributed by atoms with Crippen molar-refractivity contribution >= 4 is 17.6 Å². The van der Waals surface area contributed by atoms with Gasteiger partial charge in [-0.1, -0.05) is 32.4 Å². The molecule has 18 heavy (non-hydrogen) atoms. The van der Waals surface area contributed by atoms with Gasteiger partial charge < -0.3 is 9.47 Å². The number of hydrogen-bond acceptors (Lipinski definition) is 3. The standard InChI is InChI=1S/C14H19ClO3/c1-6-18-12-8-10(14(2,3)4)11(15)7-9(12)13(16)17-5/h7-8H,6H2,1-5H3. The van der Waals surface area contributed by atoms with Crippen LogP contribution in [0.4, 0.5) is 0 Å². The Labute approximate surface area is 113 Å². The first-order valence-electron chi connectivity index (χ1n) is 5.86. The Bertz CT molecular complexity index is 447. The topological polar surface area (TPSA) is 35.5 Å². The van der Waals surface area contributed by atoms with E-state index in [9.17, 15) is 4.79 Å². The summed E-state index contributed by atoms with van der Waals surface area (Å²) in [5.41, 5.74) is 1.19. The minimum Gasteiger partial charge on any atom is -0.493 e. The van der Waals surface area contributed by atoms with Gasteiger partial charge in [-0.2, -0.15) is 0 Å². The second kappa shape index (κ2) is 5.61. The summed E-state index contributed by atoms with van der Waals surface area (Å²) in [6.07, 6.45) is 0. The first kappa shape index (κ1) is 14.8. The van der Waals surface area contributed by atoms with E-state index in [1.54, 1.807) is 6.07 Å². The fourth-order valence-corrected chi connectivity index (χ4v) is 2.12. The maximum atomic E-state index is 11.7. The maximum absolute atomic E-state index is 11.7. The number of carbonyl (C=O) groups is 1. The Morgan fingerprint density at radius 1 is 1.33 bits per heavy atom. The lowest BCUT2D eigenvalue weighted by atomic mass is 9.86. The van der Waals surface area contributed by atoms with E-state index >= 15 is 0 Å². The molecule has 1 aromatic carbocycles. The molecule has 4 heteroatoms. The summed E-state index contributed by atoms with van der Waals surface area (Å²) < 4.78 is 10.2. The molecular formula is C14H19ClO3. The average molecular weight is 271 g/mol. The fraction of sp³-hybridized carbons (Fsp3) is 0.500. The predicted molar refractivity (Wildman–Crippen MR) is 72.7 cm³/mol. The lowest BCUT2D eigenvalue weighted by Gasteiger charge is -2.22. The molecule has 0 aromatic heterocycles. The summed E-state index contributed by atoms with van der Waals surface area (Å²) >= 11 is 6.22. The van der Waals surface area contributed by atoms with Crippen LogP contribution in [0.2, 0.25) is 5.02 Å². The summed E-state index contributed by atoms with van der Waals surface area (Å²) in [5.74, 6) is 0.0690. The van der Waals surface area contributed by atoms with E-state index in [0.29, 0.717) is 22.9 Å². The molecule has 0 spiro atoms. The average Bonchev–Trinajstić information content (AvgIpc) is 2.28. The number of rotatable bonds is 3. The first-order valence-corrected chi connectivity index (χ1v) is 6.24. The zero-order chi connectivity index (χ0) is 13.9. The molecule has 0 heterocycles. The normalized spacial score (nSPS) is 11.2. The molecule has 0 aliphatic heterocycles. The van der Waals surface area contributed by atoms with Crippen LogP contribution in [0.3, 0.4) is 0 Å². The quantitative estimate of drug-likeness (QED) is 0.783. The number of carbonyl (C=O) groups excluding carboxylic acids is 1. The molecule has 0 atom stereocenters.